The van der Waals surface area contributed by atoms with Crippen molar-refractivity contribution in [2.75, 3.05) is 7.05 Å². The number of carbonyl (C=O) groups is 1. The van der Waals surface area contributed by atoms with Gasteiger partial charge in [0.15, 0.2) is 0 Å². The number of carboxylic acids is 1. The largest absolute Gasteiger partial charge is 0.478 e. The summed E-state index contributed by atoms with van der Waals surface area (Å²) in [5.41, 5.74) is 0.946. The second-order valence-electron chi connectivity index (χ2n) is 4.58. The first-order valence-corrected chi connectivity index (χ1v) is 6.17. The van der Waals surface area contributed by atoms with E-state index in [1.54, 1.807) is 18.3 Å². The highest BCUT2D eigenvalue weighted by atomic mass is 19.1. The highest BCUT2D eigenvalue weighted by Gasteiger charge is 2.14. The smallest absolute Gasteiger partial charge is 0.338 e. The minimum absolute atomic E-state index is 0.297. The Morgan fingerprint density at radius 3 is 2.70 bits per heavy atom. The quantitative estimate of drug-likeness (QED) is 0.910. The Morgan fingerprint density at radius 2 is 2.05 bits per heavy atom. The van der Waals surface area contributed by atoms with Gasteiger partial charge in [-0.2, -0.15) is 0 Å². The van der Waals surface area contributed by atoms with Gasteiger partial charge in [0.05, 0.1) is 11.3 Å². The molecule has 1 N–H and O–H groups in total. The van der Waals surface area contributed by atoms with E-state index in [2.05, 4.69) is 4.98 Å². The van der Waals surface area contributed by atoms with Crippen LogP contribution in [-0.4, -0.2) is 28.0 Å². The Morgan fingerprint density at radius 1 is 1.25 bits per heavy atom. The van der Waals surface area contributed by atoms with Crippen molar-refractivity contribution in [1.29, 1.82) is 0 Å². The number of nitrogens with zero attached hydrogens (tertiary/aromatic N) is 2. The molecule has 0 radical (unpaired) electrons. The number of carboxylic acid groups (broad SMARTS) is 1. The Kier molecular flexibility index (Phi) is 4.42. The predicted octanol–water partition coefficient (Wildman–Crippen LogP) is 2.55. The molecule has 104 valence electrons. The predicted molar refractivity (Wildman–Crippen MR) is 72.8 cm³/mol. The fraction of sp³-hybridized carbons (Fsp3) is 0.200. The average Bonchev–Trinajstić information content (AvgIpc) is 2.42. The summed E-state index contributed by atoms with van der Waals surface area (Å²) in [5.74, 6) is -1.93. The lowest BCUT2D eigenvalue weighted by Crippen LogP contribution is -2.19. The first kappa shape index (κ1) is 14.1. The van der Waals surface area contributed by atoms with Crippen LogP contribution in [0.5, 0.6) is 0 Å². The topological polar surface area (TPSA) is 53.4 Å². The fourth-order valence-corrected chi connectivity index (χ4v) is 1.98. The van der Waals surface area contributed by atoms with Crippen molar-refractivity contribution in [1.82, 2.24) is 9.88 Å². The Labute approximate surface area is 116 Å². The molecule has 0 aliphatic carbocycles. The number of halogens is 1. The summed E-state index contributed by atoms with van der Waals surface area (Å²) in [5, 5.41) is 8.90. The lowest BCUT2D eigenvalue weighted by atomic mass is 10.1. The van der Waals surface area contributed by atoms with Gasteiger partial charge in [0.1, 0.15) is 5.82 Å². The number of rotatable bonds is 5. The number of aromatic carboxylic acids is 1. The lowest BCUT2D eigenvalue weighted by Gasteiger charge is -2.17. The molecule has 1 heterocycles. The summed E-state index contributed by atoms with van der Waals surface area (Å²) in [6.45, 7) is 0.890. The molecule has 2 rings (SSSR count). The summed E-state index contributed by atoms with van der Waals surface area (Å²) in [6, 6.07) is 10.0. The number of benzene rings is 1. The van der Waals surface area contributed by atoms with E-state index in [9.17, 15) is 9.18 Å². The third-order valence-corrected chi connectivity index (χ3v) is 2.91. The second kappa shape index (κ2) is 6.25. The van der Waals surface area contributed by atoms with Gasteiger partial charge in [-0.05, 0) is 25.2 Å². The first-order chi connectivity index (χ1) is 9.58. The monoisotopic (exact) mass is 274 g/mol. The molecular formula is C15H15FN2O2. The Hall–Kier alpha value is -2.27. The highest BCUT2D eigenvalue weighted by molar-refractivity contribution is 5.88. The van der Waals surface area contributed by atoms with Crippen LogP contribution < -0.4 is 0 Å². The van der Waals surface area contributed by atoms with Gasteiger partial charge in [-0.1, -0.05) is 18.2 Å². The van der Waals surface area contributed by atoms with Gasteiger partial charge < -0.3 is 5.11 Å². The van der Waals surface area contributed by atoms with E-state index in [1.165, 1.54) is 6.07 Å². The maximum Gasteiger partial charge on any atom is 0.338 e. The molecule has 0 saturated heterocycles. The normalized spacial score (nSPS) is 10.8. The molecule has 20 heavy (non-hydrogen) atoms. The molecule has 0 aliphatic heterocycles. The van der Waals surface area contributed by atoms with Crippen molar-refractivity contribution in [3.63, 3.8) is 0 Å². The van der Waals surface area contributed by atoms with E-state index in [4.69, 9.17) is 5.11 Å². The van der Waals surface area contributed by atoms with E-state index in [0.717, 1.165) is 5.69 Å². The molecule has 0 spiro atoms. The van der Waals surface area contributed by atoms with Gasteiger partial charge in [-0.15, -0.1) is 0 Å². The van der Waals surface area contributed by atoms with Crippen LogP contribution in [0.1, 0.15) is 21.6 Å². The molecule has 0 bridgehead atoms. The highest BCUT2D eigenvalue weighted by Crippen LogP contribution is 2.15. The zero-order chi connectivity index (χ0) is 14.5. The van der Waals surface area contributed by atoms with Gasteiger partial charge in [0.25, 0.3) is 0 Å². The molecule has 0 fully saturated rings. The van der Waals surface area contributed by atoms with Crippen LogP contribution >= 0.6 is 0 Å². The Balaban J connectivity index is 2.10. The molecule has 1 aromatic heterocycles. The van der Waals surface area contributed by atoms with Crippen LogP contribution in [0.15, 0.2) is 42.6 Å². The van der Waals surface area contributed by atoms with Crippen LogP contribution in [-0.2, 0) is 13.1 Å². The maximum absolute atomic E-state index is 14.0. The third kappa shape index (κ3) is 3.39. The molecule has 5 heteroatoms. The van der Waals surface area contributed by atoms with E-state index >= 15 is 0 Å². The summed E-state index contributed by atoms with van der Waals surface area (Å²) in [7, 11) is 1.83. The zero-order valence-corrected chi connectivity index (χ0v) is 11.1. The summed E-state index contributed by atoms with van der Waals surface area (Å²) < 4.78 is 14.0. The fourth-order valence-electron chi connectivity index (χ4n) is 1.98. The summed E-state index contributed by atoms with van der Waals surface area (Å²) in [6.07, 6.45) is 1.70. The van der Waals surface area contributed by atoms with Crippen molar-refractivity contribution < 1.29 is 14.3 Å². The molecular weight excluding hydrogens is 259 g/mol. The molecule has 2 aromatic rings. The molecule has 0 amide bonds. The number of pyridine rings is 1. The molecule has 0 unspecified atom stereocenters. The van der Waals surface area contributed by atoms with Gasteiger partial charge in [0, 0.05) is 24.8 Å². The van der Waals surface area contributed by atoms with E-state index in [1.807, 2.05) is 30.1 Å². The first-order valence-electron chi connectivity index (χ1n) is 6.17. The van der Waals surface area contributed by atoms with Crippen molar-refractivity contribution in [2.24, 2.45) is 0 Å². The van der Waals surface area contributed by atoms with Gasteiger partial charge >= 0.3 is 5.97 Å². The average molecular weight is 274 g/mol. The van der Waals surface area contributed by atoms with E-state index in [0.29, 0.717) is 18.7 Å². The third-order valence-electron chi connectivity index (χ3n) is 2.91. The van der Waals surface area contributed by atoms with Crippen molar-refractivity contribution in [3.8, 4) is 0 Å². The molecule has 1 aromatic carbocycles. The van der Waals surface area contributed by atoms with Crippen molar-refractivity contribution >= 4 is 5.97 Å². The number of hydrogen-bond acceptors (Lipinski definition) is 3. The lowest BCUT2D eigenvalue weighted by molar-refractivity contribution is 0.0691. The molecule has 0 aliphatic rings. The molecule has 0 saturated carbocycles. The zero-order valence-electron chi connectivity index (χ0n) is 11.1. The van der Waals surface area contributed by atoms with Crippen LogP contribution in [0.25, 0.3) is 0 Å². The molecule has 4 nitrogen and oxygen atoms in total. The van der Waals surface area contributed by atoms with E-state index < -0.39 is 11.8 Å². The van der Waals surface area contributed by atoms with Gasteiger partial charge in [-0.3, -0.25) is 9.88 Å². The van der Waals surface area contributed by atoms with Gasteiger partial charge in [0.2, 0.25) is 0 Å². The van der Waals surface area contributed by atoms with Crippen LogP contribution in [0.2, 0.25) is 0 Å². The van der Waals surface area contributed by atoms with Crippen LogP contribution in [0, 0.1) is 5.82 Å². The number of aromatic nitrogens is 1. The second-order valence-corrected chi connectivity index (χ2v) is 4.58. The van der Waals surface area contributed by atoms with E-state index in [-0.39, 0.29) is 5.56 Å². The van der Waals surface area contributed by atoms with Crippen molar-refractivity contribution in [3.05, 3.63) is 65.2 Å². The van der Waals surface area contributed by atoms with Crippen molar-refractivity contribution in [2.45, 2.75) is 13.1 Å². The summed E-state index contributed by atoms with van der Waals surface area (Å²) >= 11 is 0. The SMILES string of the molecule is CN(Cc1ccccn1)Cc1cccc(C(=O)O)c1F. The minimum Gasteiger partial charge on any atom is -0.478 e. The minimum atomic E-state index is -1.25. The number of hydrogen-bond donors (Lipinski definition) is 1. The molecule has 0 atom stereocenters. The standard InChI is InChI=1S/C15H15FN2O2/c1-18(10-12-6-2-3-8-17-12)9-11-5-4-7-13(14(11)16)15(19)20/h2-8H,9-10H2,1H3,(H,19,20). The summed E-state index contributed by atoms with van der Waals surface area (Å²) in [4.78, 5) is 17.0. The van der Waals surface area contributed by atoms with Crippen LogP contribution in [0.3, 0.4) is 0 Å². The Bertz CT molecular complexity index is 602. The maximum atomic E-state index is 14.0. The van der Waals surface area contributed by atoms with Gasteiger partial charge in [-0.25, -0.2) is 9.18 Å². The van der Waals surface area contributed by atoms with Crippen LogP contribution in [0.4, 0.5) is 4.39 Å².